The van der Waals surface area contributed by atoms with Crippen LogP contribution in [-0.2, 0) is 9.47 Å². The van der Waals surface area contributed by atoms with Crippen molar-refractivity contribution < 1.29 is 14.2 Å². The molecule has 1 saturated heterocycles. The highest BCUT2D eigenvalue weighted by molar-refractivity contribution is 14.1. The molecule has 3 nitrogen and oxygen atoms in total. The van der Waals surface area contributed by atoms with Gasteiger partial charge in [0.05, 0.1) is 26.4 Å². The van der Waals surface area contributed by atoms with Crippen LogP contribution in [0.1, 0.15) is 11.7 Å². The van der Waals surface area contributed by atoms with Crippen molar-refractivity contribution in [1.82, 2.24) is 0 Å². The van der Waals surface area contributed by atoms with Gasteiger partial charge in [0.2, 0.25) is 0 Å². The molecule has 0 bridgehead atoms. The number of methoxy groups -OCH3 is 1. The zero-order valence-electron chi connectivity index (χ0n) is 9.19. The molecule has 0 radical (unpaired) electrons. The molecular formula is C12H15IO3. The molecule has 1 aliphatic heterocycles. The molecule has 0 aliphatic carbocycles. The minimum Gasteiger partial charge on any atom is -0.497 e. The first-order valence-corrected chi connectivity index (χ1v) is 6.79. The van der Waals surface area contributed by atoms with Gasteiger partial charge in [-0.15, -0.1) is 0 Å². The fourth-order valence-corrected chi connectivity index (χ4v) is 2.29. The van der Waals surface area contributed by atoms with E-state index in [-0.39, 0.29) is 12.2 Å². The predicted molar refractivity (Wildman–Crippen MR) is 70.3 cm³/mol. The van der Waals surface area contributed by atoms with Gasteiger partial charge in [0.1, 0.15) is 11.9 Å². The normalized spacial score (nSPS) is 17.9. The Morgan fingerprint density at radius 2 is 2.31 bits per heavy atom. The average molecular weight is 334 g/mol. The highest BCUT2D eigenvalue weighted by Gasteiger charge is 2.24. The Hall–Kier alpha value is -0.330. The molecule has 0 aromatic heterocycles. The monoisotopic (exact) mass is 334 g/mol. The molecule has 1 heterocycles. The topological polar surface area (TPSA) is 27.7 Å². The first kappa shape index (κ1) is 12.1. The van der Waals surface area contributed by atoms with Crippen LogP contribution in [0.4, 0.5) is 0 Å². The molecule has 4 heteroatoms. The quantitative estimate of drug-likeness (QED) is 0.612. The summed E-state index contributed by atoms with van der Waals surface area (Å²) in [7, 11) is 1.68. The summed E-state index contributed by atoms with van der Waals surface area (Å²) in [6, 6.07) is 8.04. The lowest BCUT2D eigenvalue weighted by molar-refractivity contribution is -0.150. The van der Waals surface area contributed by atoms with Crippen LogP contribution in [0.2, 0.25) is 0 Å². The van der Waals surface area contributed by atoms with Crippen LogP contribution in [0.3, 0.4) is 0 Å². The van der Waals surface area contributed by atoms with Crippen LogP contribution in [-0.4, -0.2) is 30.9 Å². The second kappa shape index (κ2) is 5.84. The van der Waals surface area contributed by atoms with Crippen LogP contribution < -0.4 is 4.74 Å². The summed E-state index contributed by atoms with van der Waals surface area (Å²) in [6.45, 7) is 1.44. The van der Waals surface area contributed by atoms with Crippen molar-refractivity contribution in [2.75, 3.05) is 24.8 Å². The standard InChI is InChI=1S/C12H15IO3/c1-14-10-4-2-3-9(5-10)12(6-13)16-11-7-15-8-11/h2-5,11-12H,6-8H2,1H3. The zero-order chi connectivity index (χ0) is 11.4. The SMILES string of the molecule is COc1cccc(C(CI)OC2COC2)c1. The van der Waals surface area contributed by atoms with E-state index in [0.717, 1.165) is 23.4 Å². The molecular weight excluding hydrogens is 319 g/mol. The van der Waals surface area contributed by atoms with Crippen molar-refractivity contribution in [2.24, 2.45) is 0 Å². The van der Waals surface area contributed by atoms with Crippen molar-refractivity contribution in [3.63, 3.8) is 0 Å². The van der Waals surface area contributed by atoms with E-state index < -0.39 is 0 Å². The largest absolute Gasteiger partial charge is 0.497 e. The molecule has 0 N–H and O–H groups in total. The van der Waals surface area contributed by atoms with E-state index in [4.69, 9.17) is 14.2 Å². The molecule has 0 spiro atoms. The van der Waals surface area contributed by atoms with Gasteiger partial charge in [-0.2, -0.15) is 0 Å². The Labute approximate surface area is 109 Å². The summed E-state index contributed by atoms with van der Waals surface area (Å²) in [5, 5.41) is 0. The molecule has 0 saturated carbocycles. The Kier molecular flexibility index (Phi) is 4.43. The molecule has 88 valence electrons. The lowest BCUT2D eigenvalue weighted by Crippen LogP contribution is -2.37. The Morgan fingerprint density at radius 1 is 1.50 bits per heavy atom. The highest BCUT2D eigenvalue weighted by Crippen LogP contribution is 2.26. The van der Waals surface area contributed by atoms with Crippen molar-refractivity contribution in [3.8, 4) is 5.75 Å². The third kappa shape index (κ3) is 2.87. The smallest absolute Gasteiger partial charge is 0.119 e. The molecule has 16 heavy (non-hydrogen) atoms. The molecule has 2 rings (SSSR count). The van der Waals surface area contributed by atoms with Crippen LogP contribution in [0.15, 0.2) is 24.3 Å². The zero-order valence-corrected chi connectivity index (χ0v) is 11.3. The maximum atomic E-state index is 5.93. The van der Waals surface area contributed by atoms with Crippen molar-refractivity contribution >= 4 is 22.6 Å². The minimum absolute atomic E-state index is 0.129. The van der Waals surface area contributed by atoms with E-state index in [1.807, 2.05) is 18.2 Å². The molecule has 0 amide bonds. The Balaban J connectivity index is 2.05. The fourth-order valence-electron chi connectivity index (χ4n) is 1.57. The minimum atomic E-state index is 0.129. The molecule has 1 aliphatic rings. The van der Waals surface area contributed by atoms with E-state index in [9.17, 15) is 0 Å². The Morgan fingerprint density at radius 3 is 2.88 bits per heavy atom. The number of ether oxygens (including phenoxy) is 3. The Bertz CT molecular complexity index is 339. The second-order valence-corrected chi connectivity index (χ2v) is 4.60. The van der Waals surface area contributed by atoms with Crippen LogP contribution in [0.25, 0.3) is 0 Å². The number of hydrogen-bond acceptors (Lipinski definition) is 3. The molecule has 1 aromatic carbocycles. The highest BCUT2D eigenvalue weighted by atomic mass is 127. The lowest BCUT2D eigenvalue weighted by atomic mass is 10.1. The first-order valence-electron chi connectivity index (χ1n) is 5.26. The number of alkyl halides is 1. The van der Waals surface area contributed by atoms with Crippen molar-refractivity contribution in [1.29, 1.82) is 0 Å². The number of benzene rings is 1. The molecule has 1 aromatic rings. The lowest BCUT2D eigenvalue weighted by Gasteiger charge is -2.30. The van der Waals surface area contributed by atoms with Gasteiger partial charge in [-0.3, -0.25) is 0 Å². The average Bonchev–Trinajstić information content (AvgIpc) is 2.28. The van der Waals surface area contributed by atoms with Gasteiger partial charge in [0, 0.05) is 4.43 Å². The fraction of sp³-hybridized carbons (Fsp3) is 0.500. The van der Waals surface area contributed by atoms with E-state index in [0.29, 0.717) is 0 Å². The second-order valence-electron chi connectivity index (χ2n) is 3.72. The predicted octanol–water partition coefficient (Wildman–Crippen LogP) is 2.59. The van der Waals surface area contributed by atoms with Crippen molar-refractivity contribution in [3.05, 3.63) is 29.8 Å². The van der Waals surface area contributed by atoms with Gasteiger partial charge in [-0.25, -0.2) is 0 Å². The van der Waals surface area contributed by atoms with E-state index in [2.05, 4.69) is 28.7 Å². The molecule has 1 fully saturated rings. The van der Waals surface area contributed by atoms with Gasteiger partial charge < -0.3 is 14.2 Å². The van der Waals surface area contributed by atoms with Crippen LogP contribution in [0, 0.1) is 0 Å². The van der Waals surface area contributed by atoms with Crippen LogP contribution >= 0.6 is 22.6 Å². The van der Waals surface area contributed by atoms with E-state index >= 15 is 0 Å². The van der Waals surface area contributed by atoms with E-state index in [1.54, 1.807) is 7.11 Å². The van der Waals surface area contributed by atoms with Gasteiger partial charge >= 0.3 is 0 Å². The molecule has 1 atom stereocenters. The summed E-state index contributed by atoms with van der Waals surface area (Å²) in [4.78, 5) is 0. The first-order chi connectivity index (χ1) is 7.83. The number of rotatable bonds is 5. The summed E-state index contributed by atoms with van der Waals surface area (Å²) < 4.78 is 17.2. The van der Waals surface area contributed by atoms with Crippen LogP contribution in [0.5, 0.6) is 5.75 Å². The van der Waals surface area contributed by atoms with Gasteiger partial charge in [0.25, 0.3) is 0 Å². The third-order valence-corrected chi connectivity index (χ3v) is 3.37. The van der Waals surface area contributed by atoms with Crippen molar-refractivity contribution in [2.45, 2.75) is 12.2 Å². The van der Waals surface area contributed by atoms with Gasteiger partial charge in [-0.05, 0) is 17.7 Å². The number of hydrogen-bond donors (Lipinski definition) is 0. The van der Waals surface area contributed by atoms with Gasteiger partial charge in [-0.1, -0.05) is 34.7 Å². The molecule has 1 unspecified atom stereocenters. The maximum absolute atomic E-state index is 5.93. The van der Waals surface area contributed by atoms with Gasteiger partial charge in [0.15, 0.2) is 0 Å². The summed E-state index contributed by atoms with van der Waals surface area (Å²) in [5.41, 5.74) is 1.17. The summed E-state index contributed by atoms with van der Waals surface area (Å²) >= 11 is 2.34. The maximum Gasteiger partial charge on any atom is 0.119 e. The third-order valence-electron chi connectivity index (χ3n) is 2.57. The summed E-state index contributed by atoms with van der Waals surface area (Å²) in [6.07, 6.45) is 0.385. The summed E-state index contributed by atoms with van der Waals surface area (Å²) in [5.74, 6) is 0.876. The van der Waals surface area contributed by atoms with E-state index in [1.165, 1.54) is 5.56 Å². The number of halogens is 1.